The second kappa shape index (κ2) is 4.48. The summed E-state index contributed by atoms with van der Waals surface area (Å²) in [4.78, 5) is 8.51. The molecule has 0 unspecified atom stereocenters. The lowest BCUT2D eigenvalue weighted by Gasteiger charge is -2.09. The summed E-state index contributed by atoms with van der Waals surface area (Å²) in [6.45, 7) is 1.91. The molecule has 2 aromatic heterocycles. The van der Waals surface area contributed by atoms with Crippen molar-refractivity contribution in [3.63, 3.8) is 0 Å². The van der Waals surface area contributed by atoms with Gasteiger partial charge in [-0.3, -0.25) is 4.57 Å². The van der Waals surface area contributed by atoms with Crippen LogP contribution in [0.25, 0.3) is 16.9 Å². The lowest BCUT2D eigenvalue weighted by atomic mass is 10.2. The first kappa shape index (κ1) is 12.4. The molecular formula is C14H13FN4O. The molecule has 0 aliphatic carbocycles. The molecule has 3 aromatic rings. The average molecular weight is 272 g/mol. The SMILES string of the molecule is COc1ccc(F)c(-n2c(N)nc3c(C)ccnc32)c1. The molecule has 3 rings (SSSR count). The van der Waals surface area contributed by atoms with Crippen molar-refractivity contribution in [2.24, 2.45) is 0 Å². The van der Waals surface area contributed by atoms with Gasteiger partial charge >= 0.3 is 0 Å². The van der Waals surface area contributed by atoms with Crippen molar-refractivity contribution in [1.29, 1.82) is 0 Å². The normalized spacial score (nSPS) is 10.9. The van der Waals surface area contributed by atoms with Crippen LogP contribution in [0.15, 0.2) is 30.5 Å². The first-order valence-corrected chi connectivity index (χ1v) is 6.05. The van der Waals surface area contributed by atoms with E-state index < -0.39 is 5.82 Å². The Bertz CT molecular complexity index is 797. The smallest absolute Gasteiger partial charge is 0.207 e. The van der Waals surface area contributed by atoms with Crippen LogP contribution in [0.2, 0.25) is 0 Å². The molecule has 0 saturated heterocycles. The second-order valence-corrected chi connectivity index (χ2v) is 4.42. The van der Waals surface area contributed by atoms with E-state index >= 15 is 0 Å². The monoisotopic (exact) mass is 272 g/mol. The Hall–Kier alpha value is -2.63. The molecule has 0 spiro atoms. The van der Waals surface area contributed by atoms with Gasteiger partial charge in [0.25, 0.3) is 0 Å². The highest BCUT2D eigenvalue weighted by atomic mass is 19.1. The summed E-state index contributed by atoms with van der Waals surface area (Å²) < 4.78 is 20.7. The third kappa shape index (κ3) is 1.77. The lowest BCUT2D eigenvalue weighted by molar-refractivity contribution is 0.413. The molecule has 102 valence electrons. The quantitative estimate of drug-likeness (QED) is 0.778. The Morgan fingerprint density at radius 2 is 2.10 bits per heavy atom. The van der Waals surface area contributed by atoms with Gasteiger partial charge in [0.15, 0.2) is 5.65 Å². The zero-order valence-corrected chi connectivity index (χ0v) is 11.1. The predicted molar refractivity (Wildman–Crippen MR) is 74.5 cm³/mol. The first-order chi connectivity index (χ1) is 9.61. The first-order valence-electron chi connectivity index (χ1n) is 6.05. The number of anilines is 1. The Balaban J connectivity index is 2.35. The number of hydrogen-bond acceptors (Lipinski definition) is 4. The second-order valence-electron chi connectivity index (χ2n) is 4.42. The molecule has 0 amide bonds. The Kier molecular flexibility index (Phi) is 2.78. The number of aryl methyl sites for hydroxylation is 1. The maximum atomic E-state index is 14.1. The molecule has 5 nitrogen and oxygen atoms in total. The number of nitrogens with two attached hydrogens (primary N) is 1. The number of fused-ring (bicyclic) bond motifs is 1. The number of imidazole rings is 1. The van der Waals surface area contributed by atoms with E-state index in [1.165, 1.54) is 17.7 Å². The zero-order valence-electron chi connectivity index (χ0n) is 11.1. The standard InChI is InChI=1S/C14H13FN4O/c1-8-5-6-17-13-12(8)18-14(16)19(13)11-7-9(20-2)3-4-10(11)15/h3-7H,1-2H3,(H2,16,18). The molecule has 0 saturated carbocycles. The molecule has 0 radical (unpaired) electrons. The predicted octanol–water partition coefficient (Wildman–Crippen LogP) is 2.46. The summed E-state index contributed by atoms with van der Waals surface area (Å²) in [5, 5.41) is 0. The Labute approximate surface area is 114 Å². The van der Waals surface area contributed by atoms with E-state index in [9.17, 15) is 4.39 Å². The van der Waals surface area contributed by atoms with Crippen LogP contribution in [0.1, 0.15) is 5.56 Å². The van der Waals surface area contributed by atoms with Crippen molar-refractivity contribution < 1.29 is 9.13 Å². The number of pyridine rings is 1. The van der Waals surface area contributed by atoms with E-state index in [0.29, 0.717) is 16.9 Å². The van der Waals surface area contributed by atoms with E-state index in [2.05, 4.69) is 9.97 Å². The molecular weight excluding hydrogens is 259 g/mol. The van der Waals surface area contributed by atoms with Gasteiger partial charge < -0.3 is 10.5 Å². The third-order valence-electron chi connectivity index (χ3n) is 3.17. The molecule has 6 heteroatoms. The summed E-state index contributed by atoms with van der Waals surface area (Å²) in [6, 6.07) is 6.28. The average Bonchev–Trinajstić information content (AvgIpc) is 2.77. The van der Waals surface area contributed by atoms with Gasteiger partial charge in [0.1, 0.15) is 17.1 Å². The van der Waals surface area contributed by atoms with E-state index in [0.717, 1.165) is 5.56 Å². The molecule has 0 aliphatic heterocycles. The number of hydrogen-bond donors (Lipinski definition) is 1. The number of aromatic nitrogens is 3. The minimum atomic E-state index is -0.417. The third-order valence-corrected chi connectivity index (χ3v) is 3.17. The zero-order chi connectivity index (χ0) is 14.3. The summed E-state index contributed by atoms with van der Waals surface area (Å²) in [5.74, 6) is 0.310. The van der Waals surface area contributed by atoms with E-state index in [1.807, 2.05) is 13.0 Å². The van der Waals surface area contributed by atoms with Crippen molar-refractivity contribution >= 4 is 17.1 Å². The number of nitrogens with zero attached hydrogens (tertiary/aromatic N) is 3. The Morgan fingerprint density at radius 3 is 2.85 bits per heavy atom. The number of ether oxygens (including phenoxy) is 1. The van der Waals surface area contributed by atoms with Gasteiger partial charge in [-0.1, -0.05) is 0 Å². The number of benzene rings is 1. The number of halogens is 1. The molecule has 0 fully saturated rings. The van der Waals surface area contributed by atoms with Crippen molar-refractivity contribution in [3.05, 3.63) is 41.8 Å². The minimum absolute atomic E-state index is 0.189. The lowest BCUT2D eigenvalue weighted by Crippen LogP contribution is -2.04. The van der Waals surface area contributed by atoms with E-state index in [-0.39, 0.29) is 11.6 Å². The molecule has 1 aromatic carbocycles. The highest BCUT2D eigenvalue weighted by Gasteiger charge is 2.16. The van der Waals surface area contributed by atoms with Gasteiger partial charge in [0, 0.05) is 12.3 Å². The molecule has 0 aliphatic rings. The molecule has 0 atom stereocenters. The molecule has 20 heavy (non-hydrogen) atoms. The van der Waals surface area contributed by atoms with Crippen molar-refractivity contribution in [1.82, 2.24) is 14.5 Å². The van der Waals surface area contributed by atoms with Crippen LogP contribution in [-0.2, 0) is 0 Å². The fraction of sp³-hybridized carbons (Fsp3) is 0.143. The van der Waals surface area contributed by atoms with Crippen LogP contribution in [0.4, 0.5) is 10.3 Å². The maximum Gasteiger partial charge on any atom is 0.207 e. The van der Waals surface area contributed by atoms with Crippen LogP contribution >= 0.6 is 0 Å². The molecule has 2 N–H and O–H groups in total. The number of methoxy groups -OCH3 is 1. The summed E-state index contributed by atoms with van der Waals surface area (Å²) in [6.07, 6.45) is 1.65. The van der Waals surface area contributed by atoms with Gasteiger partial charge in [0.05, 0.1) is 12.8 Å². The highest BCUT2D eigenvalue weighted by Crippen LogP contribution is 2.27. The van der Waals surface area contributed by atoms with Crippen molar-refractivity contribution in [2.75, 3.05) is 12.8 Å². The van der Waals surface area contributed by atoms with Crippen LogP contribution in [0.5, 0.6) is 5.75 Å². The van der Waals surface area contributed by atoms with Gasteiger partial charge in [-0.15, -0.1) is 0 Å². The van der Waals surface area contributed by atoms with Gasteiger partial charge in [0.2, 0.25) is 5.95 Å². The molecule has 0 bridgehead atoms. The topological polar surface area (TPSA) is 66.0 Å². The number of rotatable bonds is 2. The van der Waals surface area contributed by atoms with Crippen molar-refractivity contribution in [3.8, 4) is 11.4 Å². The van der Waals surface area contributed by atoms with Crippen LogP contribution in [0, 0.1) is 12.7 Å². The number of nitrogen functional groups attached to an aromatic ring is 1. The van der Waals surface area contributed by atoms with Gasteiger partial charge in [-0.05, 0) is 30.7 Å². The van der Waals surface area contributed by atoms with Crippen LogP contribution < -0.4 is 10.5 Å². The summed E-state index contributed by atoms with van der Waals surface area (Å²) >= 11 is 0. The molecule has 2 heterocycles. The minimum Gasteiger partial charge on any atom is -0.497 e. The van der Waals surface area contributed by atoms with Crippen LogP contribution in [0.3, 0.4) is 0 Å². The largest absolute Gasteiger partial charge is 0.497 e. The van der Waals surface area contributed by atoms with Gasteiger partial charge in [-0.2, -0.15) is 0 Å². The fourth-order valence-corrected chi connectivity index (χ4v) is 2.14. The van der Waals surface area contributed by atoms with E-state index in [4.69, 9.17) is 10.5 Å². The van der Waals surface area contributed by atoms with Crippen molar-refractivity contribution in [2.45, 2.75) is 6.92 Å². The van der Waals surface area contributed by atoms with Gasteiger partial charge in [-0.25, -0.2) is 14.4 Å². The maximum absolute atomic E-state index is 14.1. The van der Waals surface area contributed by atoms with Crippen LogP contribution in [-0.4, -0.2) is 21.6 Å². The van der Waals surface area contributed by atoms with E-state index in [1.54, 1.807) is 18.3 Å². The highest BCUT2D eigenvalue weighted by molar-refractivity contribution is 5.80. The summed E-state index contributed by atoms with van der Waals surface area (Å²) in [5.41, 5.74) is 8.30. The fourth-order valence-electron chi connectivity index (χ4n) is 2.14. The Morgan fingerprint density at radius 1 is 1.30 bits per heavy atom. The summed E-state index contributed by atoms with van der Waals surface area (Å²) in [7, 11) is 1.52.